The van der Waals surface area contributed by atoms with Gasteiger partial charge in [0.25, 0.3) is 5.91 Å². The number of ether oxygens (including phenoxy) is 1. The van der Waals surface area contributed by atoms with Gasteiger partial charge in [-0.3, -0.25) is 4.79 Å². The molecule has 0 saturated carbocycles. The number of nitrogens with two attached hydrogens (primary N) is 1. The molecule has 0 heterocycles. The molecule has 0 aliphatic rings. The number of benzene rings is 2. The quantitative estimate of drug-likeness (QED) is 0.816. The van der Waals surface area contributed by atoms with Crippen LogP contribution in [0.15, 0.2) is 54.6 Å². The third-order valence-electron chi connectivity index (χ3n) is 3.28. The lowest BCUT2D eigenvalue weighted by Crippen LogP contribution is -2.31. The first kappa shape index (κ1) is 19.0. The van der Waals surface area contributed by atoms with Gasteiger partial charge in [0.2, 0.25) is 0 Å². The van der Waals surface area contributed by atoms with E-state index in [1.54, 1.807) is 12.1 Å². The van der Waals surface area contributed by atoms with Gasteiger partial charge in [-0.15, -0.1) is 12.4 Å². The Bertz CT molecular complexity index is 605. The molecule has 0 aliphatic heterocycles. The van der Waals surface area contributed by atoms with Crippen LogP contribution in [-0.4, -0.2) is 19.1 Å². The fourth-order valence-electron chi connectivity index (χ4n) is 2.07. The minimum absolute atomic E-state index is 0. The smallest absolute Gasteiger partial charge is 0.251 e. The monoisotopic (exact) mass is 334 g/mol. The van der Waals surface area contributed by atoms with Crippen molar-refractivity contribution in [1.82, 2.24) is 5.32 Å². The summed E-state index contributed by atoms with van der Waals surface area (Å²) < 4.78 is 5.54. The van der Waals surface area contributed by atoms with Gasteiger partial charge in [0.15, 0.2) is 0 Å². The third kappa shape index (κ3) is 5.93. The molecule has 124 valence electrons. The molecule has 1 atom stereocenters. The van der Waals surface area contributed by atoms with Crippen LogP contribution < -0.4 is 15.8 Å². The first-order valence-corrected chi connectivity index (χ1v) is 7.52. The van der Waals surface area contributed by atoms with Crippen LogP contribution in [0.1, 0.15) is 35.3 Å². The second-order valence-corrected chi connectivity index (χ2v) is 5.10. The Morgan fingerprint density at radius 1 is 1.17 bits per heavy atom. The zero-order valence-electron chi connectivity index (χ0n) is 13.2. The Hall–Kier alpha value is -2.04. The molecule has 1 amide bonds. The highest BCUT2D eigenvalue weighted by Gasteiger charge is 2.10. The number of nitrogens with one attached hydrogen (secondary N) is 1. The fourth-order valence-corrected chi connectivity index (χ4v) is 2.07. The molecular formula is C18H23ClN2O2. The summed E-state index contributed by atoms with van der Waals surface area (Å²) in [5.41, 5.74) is 7.66. The van der Waals surface area contributed by atoms with Gasteiger partial charge in [0, 0.05) is 18.2 Å². The molecule has 0 spiro atoms. The van der Waals surface area contributed by atoms with Crippen molar-refractivity contribution in [3.8, 4) is 5.75 Å². The highest BCUT2D eigenvalue weighted by atomic mass is 35.5. The van der Waals surface area contributed by atoms with Gasteiger partial charge >= 0.3 is 0 Å². The van der Waals surface area contributed by atoms with E-state index in [-0.39, 0.29) is 24.4 Å². The first-order chi connectivity index (χ1) is 10.7. The maximum absolute atomic E-state index is 12.2. The number of rotatable bonds is 7. The predicted molar refractivity (Wildman–Crippen MR) is 95.2 cm³/mol. The highest BCUT2D eigenvalue weighted by molar-refractivity contribution is 5.94. The Balaban J connectivity index is 0.00000264. The van der Waals surface area contributed by atoms with Crippen LogP contribution in [0.2, 0.25) is 0 Å². The summed E-state index contributed by atoms with van der Waals surface area (Å²) in [7, 11) is 0. The van der Waals surface area contributed by atoms with E-state index >= 15 is 0 Å². The normalized spacial score (nSPS) is 11.2. The van der Waals surface area contributed by atoms with Gasteiger partial charge in [0.1, 0.15) is 5.75 Å². The van der Waals surface area contributed by atoms with Crippen LogP contribution in [-0.2, 0) is 0 Å². The zero-order chi connectivity index (χ0) is 15.8. The van der Waals surface area contributed by atoms with Crippen molar-refractivity contribution in [3.63, 3.8) is 0 Å². The Morgan fingerprint density at radius 3 is 2.61 bits per heavy atom. The molecule has 4 nitrogen and oxygen atoms in total. The van der Waals surface area contributed by atoms with Crippen LogP contribution in [0.5, 0.6) is 5.75 Å². The Morgan fingerprint density at radius 2 is 1.91 bits per heavy atom. The van der Waals surface area contributed by atoms with Crippen LogP contribution in [0, 0.1) is 0 Å². The number of hydrogen-bond acceptors (Lipinski definition) is 3. The van der Waals surface area contributed by atoms with E-state index in [0.717, 1.165) is 12.0 Å². The van der Waals surface area contributed by atoms with Crippen molar-refractivity contribution < 1.29 is 9.53 Å². The molecule has 5 heteroatoms. The van der Waals surface area contributed by atoms with Gasteiger partial charge in [-0.2, -0.15) is 0 Å². The predicted octanol–water partition coefficient (Wildman–Crippen LogP) is 3.33. The van der Waals surface area contributed by atoms with Crippen LogP contribution in [0.25, 0.3) is 0 Å². The van der Waals surface area contributed by atoms with Crippen molar-refractivity contribution in [2.45, 2.75) is 19.4 Å². The summed E-state index contributed by atoms with van der Waals surface area (Å²) in [4.78, 5) is 12.2. The van der Waals surface area contributed by atoms with Gasteiger partial charge in [-0.05, 0) is 30.2 Å². The minimum atomic E-state index is -0.218. The molecule has 2 rings (SSSR count). The molecule has 23 heavy (non-hydrogen) atoms. The average Bonchev–Trinajstić information content (AvgIpc) is 2.58. The summed E-state index contributed by atoms with van der Waals surface area (Å²) in [5.74, 6) is 0.565. The summed E-state index contributed by atoms with van der Waals surface area (Å²) in [5, 5.41) is 2.86. The average molecular weight is 335 g/mol. The lowest BCUT2D eigenvalue weighted by atomic mass is 10.1. The van der Waals surface area contributed by atoms with E-state index in [2.05, 4.69) is 5.32 Å². The number of hydrogen-bond donors (Lipinski definition) is 2. The van der Waals surface area contributed by atoms with E-state index in [1.165, 1.54) is 0 Å². The van der Waals surface area contributed by atoms with Gasteiger partial charge in [-0.1, -0.05) is 43.3 Å². The van der Waals surface area contributed by atoms with Crippen LogP contribution >= 0.6 is 12.4 Å². The summed E-state index contributed by atoms with van der Waals surface area (Å²) >= 11 is 0. The van der Waals surface area contributed by atoms with Gasteiger partial charge in [0.05, 0.1) is 6.61 Å². The molecule has 0 radical (unpaired) electrons. The zero-order valence-corrected chi connectivity index (χ0v) is 14.0. The molecular weight excluding hydrogens is 312 g/mol. The Labute approximate surface area is 143 Å². The van der Waals surface area contributed by atoms with Gasteiger partial charge in [-0.25, -0.2) is 0 Å². The second kappa shape index (κ2) is 9.87. The van der Waals surface area contributed by atoms with E-state index in [0.29, 0.717) is 24.5 Å². The maximum atomic E-state index is 12.2. The third-order valence-corrected chi connectivity index (χ3v) is 3.28. The summed E-state index contributed by atoms with van der Waals surface area (Å²) in [6.45, 7) is 3.08. The molecule has 1 unspecified atom stereocenters. The minimum Gasteiger partial charge on any atom is -0.494 e. The lowest BCUT2D eigenvalue weighted by Gasteiger charge is -2.13. The van der Waals surface area contributed by atoms with Crippen molar-refractivity contribution in [1.29, 1.82) is 0 Å². The molecule has 2 aromatic rings. The molecule has 0 saturated heterocycles. The van der Waals surface area contributed by atoms with E-state index in [1.807, 2.05) is 49.4 Å². The highest BCUT2D eigenvalue weighted by Crippen LogP contribution is 2.14. The van der Waals surface area contributed by atoms with Crippen molar-refractivity contribution >= 4 is 18.3 Å². The van der Waals surface area contributed by atoms with Crippen molar-refractivity contribution in [3.05, 3.63) is 65.7 Å². The second-order valence-electron chi connectivity index (χ2n) is 5.10. The lowest BCUT2D eigenvalue weighted by molar-refractivity contribution is 0.0950. The number of amides is 1. The molecule has 0 fully saturated rings. The number of carbonyl (C=O) groups excluding carboxylic acids is 1. The van der Waals surface area contributed by atoms with Crippen molar-refractivity contribution in [2.75, 3.05) is 13.2 Å². The molecule has 3 N–H and O–H groups in total. The molecule has 0 aliphatic carbocycles. The van der Waals surface area contributed by atoms with E-state index < -0.39 is 0 Å². The number of carbonyl (C=O) groups is 1. The molecule has 0 bridgehead atoms. The standard InChI is InChI=1S/C18H22N2O2.ClH/c1-2-11-22-16-10-6-9-15(12-16)18(21)20-13-17(19)14-7-4-3-5-8-14;/h3-10,12,17H,2,11,13,19H2,1H3,(H,20,21);1H. The van der Waals surface area contributed by atoms with Crippen molar-refractivity contribution in [2.24, 2.45) is 5.73 Å². The number of halogens is 1. The molecule has 0 aromatic heterocycles. The first-order valence-electron chi connectivity index (χ1n) is 7.52. The topological polar surface area (TPSA) is 64.3 Å². The molecule has 2 aromatic carbocycles. The Kier molecular flexibility index (Phi) is 8.16. The fraction of sp³-hybridized carbons (Fsp3) is 0.278. The SMILES string of the molecule is CCCOc1cccc(C(=O)NCC(N)c2ccccc2)c1.Cl. The largest absolute Gasteiger partial charge is 0.494 e. The summed E-state index contributed by atoms with van der Waals surface area (Å²) in [6.07, 6.45) is 0.933. The van der Waals surface area contributed by atoms with E-state index in [9.17, 15) is 4.79 Å². The van der Waals surface area contributed by atoms with Crippen LogP contribution in [0.4, 0.5) is 0 Å². The summed E-state index contributed by atoms with van der Waals surface area (Å²) in [6, 6.07) is 16.7. The van der Waals surface area contributed by atoms with Gasteiger partial charge < -0.3 is 15.8 Å². The van der Waals surface area contributed by atoms with Crippen LogP contribution in [0.3, 0.4) is 0 Å². The van der Waals surface area contributed by atoms with E-state index in [4.69, 9.17) is 10.5 Å². The maximum Gasteiger partial charge on any atom is 0.251 e.